The van der Waals surface area contributed by atoms with E-state index in [2.05, 4.69) is 10.2 Å². The molecule has 0 aromatic heterocycles. The van der Waals surface area contributed by atoms with Gasteiger partial charge in [-0.2, -0.15) is 0 Å². The lowest BCUT2D eigenvalue weighted by Crippen LogP contribution is -2.45. The zero-order valence-electron chi connectivity index (χ0n) is 17.0. The van der Waals surface area contributed by atoms with Gasteiger partial charge in [-0.15, -0.1) is 12.4 Å². The van der Waals surface area contributed by atoms with E-state index in [0.29, 0.717) is 30.3 Å². The second-order valence-electron chi connectivity index (χ2n) is 6.80. The Morgan fingerprint density at radius 3 is 2.28 bits per heavy atom. The molecule has 0 aliphatic carbocycles. The molecule has 1 heterocycles. The van der Waals surface area contributed by atoms with Crippen LogP contribution in [0.4, 0.5) is 4.39 Å². The van der Waals surface area contributed by atoms with E-state index >= 15 is 0 Å². The standard InChI is InChI=1S/C22H29FN2O3.ClH/c1-26-21-14-18(19(8-9-23)25-12-10-24-11-13-25)20(15-22(21)27-2)28-16-17-6-4-3-5-7-17;/h3-7,14-15,19,24H,8-13,16H2,1-2H3;1H/t19-;/m1./s1. The molecule has 1 aliphatic rings. The average molecular weight is 425 g/mol. The number of ether oxygens (including phenoxy) is 3. The Balaban J connectivity index is 0.00000300. The summed E-state index contributed by atoms with van der Waals surface area (Å²) in [6.07, 6.45) is 0.414. The van der Waals surface area contributed by atoms with Crippen molar-refractivity contribution in [2.45, 2.75) is 19.1 Å². The molecule has 2 aromatic rings. The number of halogens is 2. The maximum atomic E-state index is 13.5. The van der Waals surface area contributed by atoms with Gasteiger partial charge in [-0.3, -0.25) is 9.29 Å². The van der Waals surface area contributed by atoms with Crippen LogP contribution in [0, 0.1) is 0 Å². The molecule has 1 fully saturated rings. The number of rotatable bonds is 9. The minimum Gasteiger partial charge on any atom is -0.493 e. The van der Waals surface area contributed by atoms with Gasteiger partial charge in [0.15, 0.2) is 11.5 Å². The number of methoxy groups -OCH3 is 2. The van der Waals surface area contributed by atoms with E-state index in [1.165, 1.54) is 0 Å². The lowest BCUT2D eigenvalue weighted by molar-refractivity contribution is 0.152. The number of benzene rings is 2. The van der Waals surface area contributed by atoms with Crippen LogP contribution in [0.25, 0.3) is 0 Å². The van der Waals surface area contributed by atoms with E-state index in [9.17, 15) is 4.39 Å². The van der Waals surface area contributed by atoms with E-state index in [0.717, 1.165) is 37.3 Å². The van der Waals surface area contributed by atoms with Crippen molar-refractivity contribution in [1.29, 1.82) is 0 Å². The van der Waals surface area contributed by atoms with Crippen LogP contribution < -0.4 is 19.5 Å². The monoisotopic (exact) mass is 424 g/mol. The van der Waals surface area contributed by atoms with E-state index in [-0.39, 0.29) is 25.1 Å². The summed E-state index contributed by atoms with van der Waals surface area (Å²) < 4.78 is 30.6. The Labute approximate surface area is 178 Å². The molecular formula is C22H30ClFN2O3. The van der Waals surface area contributed by atoms with Crippen LogP contribution in [-0.2, 0) is 6.61 Å². The summed E-state index contributed by atoms with van der Waals surface area (Å²) in [5.74, 6) is 1.94. The minimum absolute atomic E-state index is 0. The highest BCUT2D eigenvalue weighted by Crippen LogP contribution is 2.41. The second-order valence-corrected chi connectivity index (χ2v) is 6.80. The van der Waals surface area contributed by atoms with Gasteiger partial charge < -0.3 is 19.5 Å². The smallest absolute Gasteiger partial charge is 0.164 e. The first kappa shape index (κ1) is 23.3. The molecule has 0 unspecified atom stereocenters. The number of hydrogen-bond donors (Lipinski definition) is 1. The predicted molar refractivity (Wildman–Crippen MR) is 115 cm³/mol. The van der Waals surface area contributed by atoms with Gasteiger partial charge in [0, 0.05) is 43.9 Å². The summed E-state index contributed by atoms with van der Waals surface area (Å²) >= 11 is 0. The van der Waals surface area contributed by atoms with Gasteiger partial charge in [0.05, 0.1) is 20.9 Å². The van der Waals surface area contributed by atoms with Crippen LogP contribution >= 0.6 is 12.4 Å². The van der Waals surface area contributed by atoms with Gasteiger partial charge in [0.25, 0.3) is 0 Å². The first-order valence-electron chi connectivity index (χ1n) is 9.70. The molecule has 1 N–H and O–H groups in total. The first-order chi connectivity index (χ1) is 13.8. The molecule has 160 valence electrons. The maximum Gasteiger partial charge on any atom is 0.164 e. The van der Waals surface area contributed by atoms with Crippen molar-refractivity contribution in [2.75, 3.05) is 47.1 Å². The van der Waals surface area contributed by atoms with Crippen molar-refractivity contribution >= 4 is 12.4 Å². The Morgan fingerprint density at radius 1 is 1.00 bits per heavy atom. The van der Waals surface area contributed by atoms with E-state index in [4.69, 9.17) is 14.2 Å². The summed E-state index contributed by atoms with van der Waals surface area (Å²) in [6, 6.07) is 13.7. The van der Waals surface area contributed by atoms with Crippen LogP contribution in [0.3, 0.4) is 0 Å². The summed E-state index contributed by atoms with van der Waals surface area (Å²) in [6.45, 7) is 3.59. The van der Waals surface area contributed by atoms with Crippen LogP contribution in [0.1, 0.15) is 23.6 Å². The number of piperazine rings is 1. The number of nitrogens with zero attached hydrogens (tertiary/aromatic N) is 1. The summed E-state index contributed by atoms with van der Waals surface area (Å²) in [5.41, 5.74) is 2.01. The molecule has 29 heavy (non-hydrogen) atoms. The van der Waals surface area contributed by atoms with Gasteiger partial charge in [0.1, 0.15) is 12.4 Å². The molecule has 2 aromatic carbocycles. The number of hydrogen-bond acceptors (Lipinski definition) is 5. The van der Waals surface area contributed by atoms with Crippen LogP contribution in [0.5, 0.6) is 17.2 Å². The molecule has 3 rings (SSSR count). The van der Waals surface area contributed by atoms with Crippen LogP contribution in [0.15, 0.2) is 42.5 Å². The SMILES string of the molecule is COc1cc(OCc2ccccc2)c([C@@H](CCF)N2CCNCC2)cc1OC.Cl. The van der Waals surface area contributed by atoms with Crippen molar-refractivity contribution in [3.05, 3.63) is 53.6 Å². The molecule has 1 saturated heterocycles. The minimum atomic E-state index is -0.388. The van der Waals surface area contributed by atoms with Crippen LogP contribution in [-0.4, -0.2) is 52.0 Å². The quantitative estimate of drug-likeness (QED) is 0.658. The van der Waals surface area contributed by atoms with Crippen molar-refractivity contribution in [3.63, 3.8) is 0 Å². The van der Waals surface area contributed by atoms with E-state index < -0.39 is 0 Å². The fourth-order valence-corrected chi connectivity index (χ4v) is 3.63. The summed E-state index contributed by atoms with van der Waals surface area (Å²) in [4.78, 5) is 2.31. The van der Waals surface area contributed by atoms with Gasteiger partial charge in [-0.1, -0.05) is 30.3 Å². The lowest BCUT2D eigenvalue weighted by Gasteiger charge is -2.35. The van der Waals surface area contributed by atoms with E-state index in [1.54, 1.807) is 14.2 Å². The van der Waals surface area contributed by atoms with Crippen molar-refractivity contribution in [3.8, 4) is 17.2 Å². The number of nitrogens with one attached hydrogen (secondary N) is 1. The molecule has 0 amide bonds. The van der Waals surface area contributed by atoms with Crippen molar-refractivity contribution in [2.24, 2.45) is 0 Å². The molecule has 0 bridgehead atoms. The van der Waals surface area contributed by atoms with Gasteiger partial charge >= 0.3 is 0 Å². The van der Waals surface area contributed by atoms with Gasteiger partial charge in [-0.25, -0.2) is 0 Å². The largest absolute Gasteiger partial charge is 0.493 e. The first-order valence-corrected chi connectivity index (χ1v) is 9.70. The lowest BCUT2D eigenvalue weighted by atomic mass is 9.99. The second kappa shape index (κ2) is 11.9. The maximum absolute atomic E-state index is 13.5. The summed E-state index contributed by atoms with van der Waals surface area (Å²) in [7, 11) is 3.22. The summed E-state index contributed by atoms with van der Waals surface area (Å²) in [5, 5.41) is 3.35. The highest BCUT2D eigenvalue weighted by Gasteiger charge is 2.27. The molecule has 0 saturated carbocycles. The Hall–Kier alpha value is -2.02. The fraction of sp³-hybridized carbons (Fsp3) is 0.455. The molecule has 7 heteroatoms. The highest BCUT2D eigenvalue weighted by atomic mass is 35.5. The fourth-order valence-electron chi connectivity index (χ4n) is 3.63. The highest BCUT2D eigenvalue weighted by molar-refractivity contribution is 5.85. The molecule has 1 aliphatic heterocycles. The van der Waals surface area contributed by atoms with E-state index in [1.807, 2.05) is 42.5 Å². The Kier molecular flexibility index (Phi) is 9.51. The molecular weight excluding hydrogens is 395 g/mol. The number of alkyl halides is 1. The molecule has 0 spiro atoms. The van der Waals surface area contributed by atoms with Gasteiger partial charge in [-0.05, 0) is 18.1 Å². The molecule has 5 nitrogen and oxygen atoms in total. The third kappa shape index (κ3) is 5.98. The Bertz CT molecular complexity index is 742. The predicted octanol–water partition coefficient (Wildman–Crippen LogP) is 4.01. The third-order valence-corrected chi connectivity index (χ3v) is 5.09. The van der Waals surface area contributed by atoms with Crippen molar-refractivity contribution in [1.82, 2.24) is 10.2 Å². The van der Waals surface area contributed by atoms with Crippen LogP contribution in [0.2, 0.25) is 0 Å². The van der Waals surface area contributed by atoms with Gasteiger partial charge in [0.2, 0.25) is 0 Å². The topological polar surface area (TPSA) is 43.0 Å². The Morgan fingerprint density at radius 2 is 1.66 bits per heavy atom. The molecule has 1 atom stereocenters. The van der Waals surface area contributed by atoms with Crippen molar-refractivity contribution < 1.29 is 18.6 Å². The third-order valence-electron chi connectivity index (χ3n) is 5.09. The zero-order valence-corrected chi connectivity index (χ0v) is 17.8. The average Bonchev–Trinajstić information content (AvgIpc) is 2.77. The zero-order chi connectivity index (χ0) is 19.8. The molecule has 0 radical (unpaired) electrons. The normalized spacial score (nSPS) is 15.3.